The lowest BCUT2D eigenvalue weighted by atomic mass is 9.96. The summed E-state index contributed by atoms with van der Waals surface area (Å²) in [6.45, 7) is 2.63. The molecule has 0 aliphatic carbocycles. The van der Waals surface area contributed by atoms with Crippen molar-refractivity contribution in [3.05, 3.63) is 58.3 Å². The summed E-state index contributed by atoms with van der Waals surface area (Å²) in [5, 5.41) is 10.3. The molecular formula is C18H22ClFN4O2. The average molecular weight is 381 g/mol. The molecule has 1 saturated heterocycles. The van der Waals surface area contributed by atoms with Gasteiger partial charge in [0.05, 0.1) is 5.69 Å². The van der Waals surface area contributed by atoms with Crippen molar-refractivity contribution in [2.75, 3.05) is 19.6 Å². The SMILES string of the molecule is Cl.O=C(NCCC1CCCNC1)c1ccc(=O)n(-c2ccc(F)cc2)n1. The van der Waals surface area contributed by atoms with Crippen LogP contribution in [0.3, 0.4) is 0 Å². The van der Waals surface area contributed by atoms with Gasteiger partial charge in [-0.25, -0.2) is 4.39 Å². The maximum atomic E-state index is 13.0. The Morgan fingerprint density at radius 1 is 1.27 bits per heavy atom. The Morgan fingerprint density at radius 2 is 2.04 bits per heavy atom. The summed E-state index contributed by atoms with van der Waals surface area (Å²) in [6, 6.07) is 8.07. The summed E-state index contributed by atoms with van der Waals surface area (Å²) in [5.41, 5.74) is 0.191. The molecule has 1 unspecified atom stereocenters. The molecule has 2 aromatic rings. The van der Waals surface area contributed by atoms with Gasteiger partial charge in [0, 0.05) is 12.6 Å². The first-order valence-electron chi connectivity index (χ1n) is 8.49. The number of piperidine rings is 1. The number of halogens is 2. The average Bonchev–Trinajstić information content (AvgIpc) is 2.64. The lowest BCUT2D eigenvalue weighted by Gasteiger charge is -2.22. The summed E-state index contributed by atoms with van der Waals surface area (Å²) in [4.78, 5) is 24.2. The van der Waals surface area contributed by atoms with Crippen LogP contribution in [-0.2, 0) is 0 Å². The molecule has 0 spiro atoms. The molecule has 1 aliphatic rings. The Labute approximate surface area is 157 Å². The minimum Gasteiger partial charge on any atom is -0.351 e. The summed E-state index contributed by atoms with van der Waals surface area (Å²) in [5.74, 6) is -0.141. The lowest BCUT2D eigenvalue weighted by Crippen LogP contribution is -2.34. The molecule has 3 rings (SSSR count). The Morgan fingerprint density at radius 3 is 2.73 bits per heavy atom. The van der Waals surface area contributed by atoms with Gasteiger partial charge in [-0.2, -0.15) is 9.78 Å². The van der Waals surface area contributed by atoms with Crippen LogP contribution in [0, 0.1) is 11.7 Å². The minimum absolute atomic E-state index is 0. The van der Waals surface area contributed by atoms with Crippen molar-refractivity contribution in [1.82, 2.24) is 20.4 Å². The predicted octanol–water partition coefficient (Wildman–Crippen LogP) is 1.91. The molecule has 2 N–H and O–H groups in total. The van der Waals surface area contributed by atoms with E-state index in [1.807, 2.05) is 0 Å². The third-order valence-electron chi connectivity index (χ3n) is 4.34. The molecule has 1 aromatic carbocycles. The molecule has 0 radical (unpaired) electrons. The predicted molar refractivity (Wildman–Crippen MR) is 99.6 cm³/mol. The van der Waals surface area contributed by atoms with Crippen LogP contribution in [0.5, 0.6) is 0 Å². The number of carbonyl (C=O) groups excluding carboxylic acids is 1. The van der Waals surface area contributed by atoms with Gasteiger partial charge in [-0.1, -0.05) is 0 Å². The highest BCUT2D eigenvalue weighted by Gasteiger charge is 2.14. The number of nitrogens with zero attached hydrogens (tertiary/aromatic N) is 2. The van der Waals surface area contributed by atoms with E-state index in [-0.39, 0.29) is 29.6 Å². The normalized spacial score (nSPS) is 16.6. The van der Waals surface area contributed by atoms with Crippen LogP contribution in [0.2, 0.25) is 0 Å². The Kier molecular flexibility index (Phi) is 7.29. The summed E-state index contributed by atoms with van der Waals surface area (Å²) < 4.78 is 14.1. The first-order chi connectivity index (χ1) is 12.1. The van der Waals surface area contributed by atoms with Crippen molar-refractivity contribution in [2.45, 2.75) is 19.3 Å². The van der Waals surface area contributed by atoms with E-state index >= 15 is 0 Å². The number of hydrogen-bond donors (Lipinski definition) is 2. The fourth-order valence-corrected chi connectivity index (χ4v) is 2.95. The van der Waals surface area contributed by atoms with Crippen LogP contribution in [0.4, 0.5) is 4.39 Å². The van der Waals surface area contributed by atoms with E-state index < -0.39 is 5.82 Å². The lowest BCUT2D eigenvalue weighted by molar-refractivity contribution is 0.0944. The Bertz CT molecular complexity index is 789. The van der Waals surface area contributed by atoms with Crippen LogP contribution in [-0.4, -0.2) is 35.3 Å². The summed E-state index contributed by atoms with van der Waals surface area (Å²) in [7, 11) is 0. The van der Waals surface area contributed by atoms with Crippen LogP contribution in [0.25, 0.3) is 5.69 Å². The molecule has 1 aliphatic heterocycles. The van der Waals surface area contributed by atoms with Gasteiger partial charge in [0.15, 0.2) is 0 Å². The number of amides is 1. The van der Waals surface area contributed by atoms with E-state index in [1.165, 1.54) is 49.2 Å². The van der Waals surface area contributed by atoms with Gasteiger partial charge >= 0.3 is 0 Å². The van der Waals surface area contributed by atoms with Crippen LogP contribution in [0.1, 0.15) is 29.8 Å². The second kappa shape index (κ2) is 9.45. The molecule has 26 heavy (non-hydrogen) atoms. The molecule has 140 valence electrons. The van der Waals surface area contributed by atoms with E-state index in [2.05, 4.69) is 15.7 Å². The fraction of sp³-hybridized carbons (Fsp3) is 0.389. The quantitative estimate of drug-likeness (QED) is 0.830. The standard InChI is InChI=1S/C18H21FN4O2.ClH/c19-14-3-5-15(6-4-14)23-17(24)8-7-16(22-23)18(25)21-11-9-13-2-1-10-20-12-13;/h3-8,13,20H,1-2,9-12H2,(H,21,25);1H. The highest BCUT2D eigenvalue weighted by Crippen LogP contribution is 2.13. The van der Waals surface area contributed by atoms with Crippen molar-refractivity contribution >= 4 is 18.3 Å². The minimum atomic E-state index is -0.400. The van der Waals surface area contributed by atoms with Crippen molar-refractivity contribution in [2.24, 2.45) is 5.92 Å². The molecule has 0 bridgehead atoms. The van der Waals surface area contributed by atoms with E-state index in [1.54, 1.807) is 0 Å². The zero-order chi connectivity index (χ0) is 17.6. The number of carbonyl (C=O) groups is 1. The van der Waals surface area contributed by atoms with E-state index in [0.29, 0.717) is 18.2 Å². The maximum Gasteiger partial charge on any atom is 0.271 e. The maximum absolute atomic E-state index is 13.0. The highest BCUT2D eigenvalue weighted by molar-refractivity contribution is 5.92. The van der Waals surface area contributed by atoms with Gasteiger partial charge in [-0.15, -0.1) is 12.4 Å². The monoisotopic (exact) mass is 380 g/mol. The summed E-state index contributed by atoms with van der Waals surface area (Å²) in [6.07, 6.45) is 3.26. The largest absolute Gasteiger partial charge is 0.351 e. The number of benzene rings is 1. The van der Waals surface area contributed by atoms with E-state index in [9.17, 15) is 14.0 Å². The van der Waals surface area contributed by atoms with Crippen LogP contribution < -0.4 is 16.2 Å². The van der Waals surface area contributed by atoms with Crippen molar-refractivity contribution < 1.29 is 9.18 Å². The first kappa shape index (κ1) is 20.1. The topological polar surface area (TPSA) is 76.0 Å². The number of hydrogen-bond acceptors (Lipinski definition) is 4. The van der Waals surface area contributed by atoms with Crippen LogP contribution >= 0.6 is 12.4 Å². The van der Waals surface area contributed by atoms with Crippen molar-refractivity contribution in [1.29, 1.82) is 0 Å². The van der Waals surface area contributed by atoms with E-state index in [0.717, 1.165) is 24.2 Å². The van der Waals surface area contributed by atoms with Gasteiger partial charge in [0.2, 0.25) is 0 Å². The Balaban J connectivity index is 0.00000243. The second-order valence-electron chi connectivity index (χ2n) is 6.20. The molecule has 1 fully saturated rings. The van der Waals surface area contributed by atoms with Crippen molar-refractivity contribution in [3.8, 4) is 5.69 Å². The molecule has 2 heterocycles. The molecule has 8 heteroatoms. The molecule has 1 aromatic heterocycles. The first-order valence-corrected chi connectivity index (χ1v) is 8.49. The smallest absolute Gasteiger partial charge is 0.271 e. The highest BCUT2D eigenvalue weighted by atomic mass is 35.5. The van der Waals surface area contributed by atoms with Gasteiger partial charge in [-0.05, 0) is 68.6 Å². The fourth-order valence-electron chi connectivity index (χ4n) is 2.95. The van der Waals surface area contributed by atoms with Crippen LogP contribution in [0.15, 0.2) is 41.2 Å². The van der Waals surface area contributed by atoms with Gasteiger partial charge < -0.3 is 10.6 Å². The van der Waals surface area contributed by atoms with E-state index in [4.69, 9.17) is 0 Å². The zero-order valence-electron chi connectivity index (χ0n) is 14.3. The van der Waals surface area contributed by atoms with Crippen molar-refractivity contribution in [3.63, 3.8) is 0 Å². The molecule has 6 nitrogen and oxygen atoms in total. The molecule has 1 amide bonds. The molecule has 0 saturated carbocycles. The third-order valence-corrected chi connectivity index (χ3v) is 4.34. The number of aromatic nitrogens is 2. The number of rotatable bonds is 5. The van der Waals surface area contributed by atoms with Gasteiger partial charge in [0.25, 0.3) is 11.5 Å². The Hall–Kier alpha value is -2.25. The number of nitrogens with one attached hydrogen (secondary N) is 2. The third kappa shape index (κ3) is 5.12. The second-order valence-corrected chi connectivity index (χ2v) is 6.20. The zero-order valence-corrected chi connectivity index (χ0v) is 15.1. The van der Waals surface area contributed by atoms with Gasteiger partial charge in [0.1, 0.15) is 11.5 Å². The molecule has 1 atom stereocenters. The summed E-state index contributed by atoms with van der Waals surface area (Å²) >= 11 is 0. The molecular weight excluding hydrogens is 359 g/mol. The van der Waals surface area contributed by atoms with Gasteiger partial charge in [-0.3, -0.25) is 9.59 Å².